The van der Waals surface area contributed by atoms with Crippen LogP contribution >= 0.6 is 11.3 Å². The molecule has 3 aromatic rings. The van der Waals surface area contributed by atoms with Crippen molar-refractivity contribution in [2.24, 2.45) is 11.8 Å². The van der Waals surface area contributed by atoms with E-state index in [1.54, 1.807) is 41.8 Å². The molecule has 0 unspecified atom stereocenters. The minimum Gasteiger partial charge on any atom is -0.502 e. The number of phenolic OH excluding ortho intramolecular Hbond substituents is 1. The van der Waals surface area contributed by atoms with Crippen molar-refractivity contribution in [1.82, 2.24) is 0 Å². The zero-order chi connectivity index (χ0) is 33.5. The van der Waals surface area contributed by atoms with E-state index >= 15 is 0 Å². The molecule has 5 aliphatic rings. The number of aromatic hydroxyl groups is 1. The highest BCUT2D eigenvalue weighted by molar-refractivity contribution is 7.10. The van der Waals surface area contributed by atoms with Gasteiger partial charge in [-0.1, -0.05) is 6.07 Å². The summed E-state index contributed by atoms with van der Waals surface area (Å²) in [6.07, 6.45) is -9.67. The Morgan fingerprint density at radius 1 is 0.978 bits per heavy atom. The summed E-state index contributed by atoms with van der Waals surface area (Å²) in [5.41, 5.74) is 1.77. The van der Waals surface area contributed by atoms with Gasteiger partial charge in [0.05, 0.1) is 47.0 Å². The van der Waals surface area contributed by atoms with E-state index in [0.717, 1.165) is 0 Å². The number of hydrogen-bond donors (Lipinski definition) is 3. The Bertz CT molecular complexity index is 1690. The molecule has 10 atom stereocenters. The molecule has 13 nitrogen and oxygen atoms in total. The van der Waals surface area contributed by atoms with Crippen LogP contribution in [0, 0.1) is 11.8 Å². The van der Waals surface area contributed by atoms with Crippen molar-refractivity contribution >= 4 is 17.3 Å². The summed E-state index contributed by atoms with van der Waals surface area (Å²) in [6.45, 7) is -2.50. The van der Waals surface area contributed by atoms with E-state index in [-0.39, 0.29) is 30.6 Å². The number of methoxy groups -OCH3 is 2. The number of carbonyl (C=O) groups excluding carboxylic acids is 1. The number of hydrogen-bond acceptors (Lipinski definition) is 14. The maximum Gasteiger partial charge on any atom is 0.310 e. The molecule has 3 saturated heterocycles. The molecule has 1 aliphatic carbocycles. The average molecular weight is 659 g/mol. The highest BCUT2D eigenvalue weighted by atomic mass is 32.1. The molecule has 0 saturated carbocycles. The fraction of sp³-hybridized carbons (Fsp3) is 0.469. The van der Waals surface area contributed by atoms with E-state index in [9.17, 15) is 20.1 Å². The third-order valence-electron chi connectivity index (χ3n) is 9.15. The van der Waals surface area contributed by atoms with Gasteiger partial charge in [-0.25, -0.2) is 0 Å². The number of phenols is 1. The van der Waals surface area contributed by atoms with Crippen molar-refractivity contribution in [3.05, 3.63) is 63.3 Å². The van der Waals surface area contributed by atoms with Crippen LogP contribution in [-0.4, -0.2) is 86.2 Å². The molecule has 8 rings (SSSR count). The van der Waals surface area contributed by atoms with E-state index in [4.69, 9.17) is 45.4 Å². The molecule has 3 fully saturated rings. The molecule has 2 aromatic carbocycles. The lowest BCUT2D eigenvalue weighted by Gasteiger charge is -2.48. The van der Waals surface area contributed by atoms with Gasteiger partial charge in [0.1, 0.15) is 24.4 Å². The molecule has 0 amide bonds. The molecule has 1 aromatic heterocycles. The Morgan fingerprint density at radius 2 is 1.72 bits per heavy atom. The van der Waals surface area contributed by atoms with Gasteiger partial charge >= 0.3 is 5.97 Å². The summed E-state index contributed by atoms with van der Waals surface area (Å²) in [7, 11) is 2.81. The number of aliphatic hydroxyl groups is 2. The summed E-state index contributed by atoms with van der Waals surface area (Å²) in [4.78, 5) is 14.1. The van der Waals surface area contributed by atoms with Gasteiger partial charge in [0.25, 0.3) is 0 Å². The van der Waals surface area contributed by atoms with Crippen molar-refractivity contribution in [1.29, 1.82) is 0 Å². The highest BCUT2D eigenvalue weighted by Crippen LogP contribution is 2.57. The van der Waals surface area contributed by atoms with E-state index < -0.39 is 73.4 Å². The maximum absolute atomic E-state index is 13.5. The molecule has 5 heterocycles. The molecule has 0 spiro atoms. The summed E-state index contributed by atoms with van der Waals surface area (Å²) in [5, 5.41) is 35.0. The smallest absolute Gasteiger partial charge is 0.310 e. The summed E-state index contributed by atoms with van der Waals surface area (Å²) >= 11 is 1.30. The van der Waals surface area contributed by atoms with Crippen LogP contribution in [0.1, 0.15) is 42.6 Å². The van der Waals surface area contributed by atoms with E-state index in [1.807, 2.05) is 0 Å². The zero-order valence-electron chi connectivity index (χ0n) is 26.6. The minimum atomic E-state index is -2.44. The first-order valence-corrected chi connectivity index (χ1v) is 15.6. The molecule has 46 heavy (non-hydrogen) atoms. The third kappa shape index (κ3) is 4.70. The van der Waals surface area contributed by atoms with Crippen LogP contribution in [0.3, 0.4) is 0 Å². The SMILES string of the molecule is [2H]C1([2H])O[C@@H](c2cccs2)O[C@H]2[C@H](O)[C@@H](O)[C@H](O[C@@H]3c4cc5c(cc4[C@@H](c4cc(OC)c(O)c(OC)c4)[C@H]4C(=O)OC[C@@H]43)OCO5)O[C@@H]21. The van der Waals surface area contributed by atoms with Crippen LogP contribution in [0.25, 0.3) is 0 Å². The Morgan fingerprint density at radius 3 is 2.41 bits per heavy atom. The van der Waals surface area contributed by atoms with E-state index in [1.165, 1.54) is 25.6 Å². The molecule has 0 radical (unpaired) electrons. The van der Waals surface area contributed by atoms with Gasteiger partial charge in [-0.3, -0.25) is 4.79 Å². The Hall–Kier alpha value is -3.63. The first kappa shape index (κ1) is 27.5. The van der Waals surface area contributed by atoms with Gasteiger partial charge in [-0.05, 0) is 52.4 Å². The predicted octanol–water partition coefficient (Wildman–Crippen LogP) is 2.75. The minimum absolute atomic E-state index is 0.0224. The van der Waals surface area contributed by atoms with Crippen molar-refractivity contribution in [3.63, 3.8) is 0 Å². The van der Waals surface area contributed by atoms with Gasteiger partial charge in [0, 0.05) is 11.8 Å². The number of aliphatic hydroxyl groups excluding tert-OH is 2. The Kier molecular flexibility index (Phi) is 6.91. The molecular weight excluding hydrogens is 624 g/mol. The molecule has 3 N–H and O–H groups in total. The van der Waals surface area contributed by atoms with Gasteiger partial charge in [0.2, 0.25) is 12.5 Å². The summed E-state index contributed by atoms with van der Waals surface area (Å²) in [6, 6.07) is 10.2. The van der Waals surface area contributed by atoms with Gasteiger partial charge < -0.3 is 58.0 Å². The van der Waals surface area contributed by atoms with Gasteiger partial charge in [-0.2, -0.15) is 0 Å². The fourth-order valence-electron chi connectivity index (χ4n) is 6.97. The van der Waals surface area contributed by atoms with Gasteiger partial charge in [-0.15, -0.1) is 11.3 Å². The fourth-order valence-corrected chi connectivity index (χ4v) is 7.66. The van der Waals surface area contributed by atoms with E-state index in [0.29, 0.717) is 33.1 Å². The van der Waals surface area contributed by atoms with Crippen LogP contribution in [0.15, 0.2) is 41.8 Å². The first-order chi connectivity index (χ1) is 23.1. The summed E-state index contributed by atoms with van der Waals surface area (Å²) < 4.78 is 69.2. The van der Waals surface area contributed by atoms with Crippen LogP contribution in [0.4, 0.5) is 0 Å². The maximum atomic E-state index is 13.5. The summed E-state index contributed by atoms with van der Waals surface area (Å²) in [5.74, 6) is -1.64. The second kappa shape index (κ2) is 11.6. The van der Waals surface area contributed by atoms with Crippen molar-refractivity contribution in [3.8, 4) is 28.7 Å². The number of fused-ring (bicyclic) bond motifs is 4. The van der Waals surface area contributed by atoms with Crippen LogP contribution in [0.5, 0.6) is 28.7 Å². The average Bonchev–Trinajstić information content (AvgIpc) is 3.85. The van der Waals surface area contributed by atoms with Crippen LogP contribution < -0.4 is 18.9 Å². The predicted molar refractivity (Wildman–Crippen MR) is 156 cm³/mol. The zero-order valence-corrected chi connectivity index (χ0v) is 25.4. The second-order valence-corrected chi connectivity index (χ2v) is 12.5. The lowest BCUT2D eigenvalue weighted by atomic mass is 9.66. The number of ether oxygens (including phenoxy) is 9. The lowest BCUT2D eigenvalue weighted by molar-refractivity contribution is -0.368. The lowest BCUT2D eigenvalue weighted by Crippen LogP contribution is -2.62. The normalized spacial score (nSPS) is 36.0. The molecular formula is C32H32O13S. The monoisotopic (exact) mass is 658 g/mol. The molecule has 14 heteroatoms. The number of esters is 1. The Labute approximate surface area is 269 Å². The number of thiophene rings is 1. The quantitative estimate of drug-likeness (QED) is 0.332. The number of cyclic esters (lactones) is 1. The number of carbonyl (C=O) groups is 1. The van der Waals surface area contributed by atoms with Crippen molar-refractivity contribution in [2.75, 3.05) is 34.2 Å². The van der Waals surface area contributed by atoms with Crippen LogP contribution in [0.2, 0.25) is 0 Å². The van der Waals surface area contributed by atoms with Gasteiger partial charge in [0.15, 0.2) is 35.6 Å². The third-order valence-corrected chi connectivity index (χ3v) is 10.0. The molecule has 244 valence electrons. The highest BCUT2D eigenvalue weighted by Gasteiger charge is 2.56. The topological polar surface area (TPSA) is 161 Å². The second-order valence-electron chi connectivity index (χ2n) is 11.6. The Balaban J connectivity index is 1.18. The van der Waals surface area contributed by atoms with E-state index in [2.05, 4.69) is 0 Å². The van der Waals surface area contributed by atoms with Crippen LogP contribution in [-0.2, 0) is 28.5 Å². The van der Waals surface area contributed by atoms with Crippen molar-refractivity contribution < 1.29 is 65.5 Å². The number of rotatable bonds is 6. The standard InChI is InChI=1S/C32H32O13S/c1-37-19-6-13(7-20(38-2)25(19)33)23-14-8-17-18(42-12-41-17)9-15(14)28(16-10-39-30(36)24(16)23)44-32-27(35)26(34)29-21(43-32)11-40-31(45-29)22-4-3-5-46-22/h3-9,16,21,23-24,26-29,31-35H,10-12H2,1-2H3/t16-,21+,23+,24-,26+,27+,28+,29+,31+,32-/m0/s1/i11D2. The molecule has 4 aliphatic heterocycles. The first-order valence-electron chi connectivity index (χ1n) is 15.7. The molecule has 0 bridgehead atoms. The van der Waals surface area contributed by atoms with Crippen molar-refractivity contribution in [2.45, 2.75) is 49.0 Å². The largest absolute Gasteiger partial charge is 0.502 e. The number of benzene rings is 2.